The summed E-state index contributed by atoms with van der Waals surface area (Å²) in [5.74, 6) is -0.203. The summed E-state index contributed by atoms with van der Waals surface area (Å²) in [5, 5.41) is 12.7. The fourth-order valence-electron chi connectivity index (χ4n) is 2.76. The van der Waals surface area contributed by atoms with Crippen molar-refractivity contribution in [2.24, 2.45) is 0 Å². The molecule has 3 rings (SSSR count). The minimum absolute atomic E-state index is 0.303. The van der Waals surface area contributed by atoms with Crippen molar-refractivity contribution < 1.29 is 9.53 Å². The molecule has 0 aliphatic heterocycles. The van der Waals surface area contributed by atoms with Crippen molar-refractivity contribution in [3.05, 3.63) is 77.9 Å². The number of carbonyl (C=O) groups is 1. The van der Waals surface area contributed by atoms with Crippen LogP contribution in [0.1, 0.15) is 17.0 Å². The Morgan fingerprint density at radius 3 is 2.65 bits per heavy atom. The first-order valence-corrected chi connectivity index (χ1v) is 8.25. The van der Waals surface area contributed by atoms with Gasteiger partial charge in [-0.2, -0.15) is 4.80 Å². The maximum absolute atomic E-state index is 12.0. The zero-order valence-corrected chi connectivity index (χ0v) is 14.8. The molecule has 0 amide bonds. The largest absolute Gasteiger partial charge is 0.466 e. The van der Waals surface area contributed by atoms with Gasteiger partial charge in [0.1, 0.15) is 0 Å². The molecule has 0 saturated carbocycles. The quantitative estimate of drug-likeness (QED) is 0.505. The number of benzene rings is 2. The molecule has 0 unspecified atom stereocenters. The van der Waals surface area contributed by atoms with E-state index in [1.165, 1.54) is 11.9 Å². The molecule has 0 spiro atoms. The van der Waals surface area contributed by atoms with Crippen LogP contribution in [0, 0.1) is 6.92 Å². The number of carbonyl (C=O) groups excluding carboxylic acids is 1. The third-order valence-electron chi connectivity index (χ3n) is 4.15. The highest BCUT2D eigenvalue weighted by molar-refractivity contribution is 5.89. The second kappa shape index (κ2) is 7.74. The molecule has 0 radical (unpaired) electrons. The number of tetrazole rings is 1. The predicted octanol–water partition coefficient (Wildman–Crippen LogP) is 3.16. The van der Waals surface area contributed by atoms with Crippen molar-refractivity contribution in [2.75, 3.05) is 7.11 Å². The Morgan fingerprint density at radius 1 is 1.19 bits per heavy atom. The second-order valence-electron chi connectivity index (χ2n) is 6.02. The summed E-state index contributed by atoms with van der Waals surface area (Å²) in [6.07, 6.45) is 0. The zero-order valence-electron chi connectivity index (χ0n) is 14.8. The molecule has 0 bridgehead atoms. The molecule has 6 nitrogen and oxygen atoms in total. The molecule has 1 aromatic heterocycles. The van der Waals surface area contributed by atoms with E-state index in [0.717, 1.165) is 16.7 Å². The van der Waals surface area contributed by atoms with Gasteiger partial charge in [-0.25, -0.2) is 4.79 Å². The van der Waals surface area contributed by atoms with Gasteiger partial charge in [0, 0.05) is 17.1 Å². The summed E-state index contributed by atoms with van der Waals surface area (Å²) in [7, 11) is 1.35. The normalized spacial score (nSPS) is 11.8. The summed E-state index contributed by atoms with van der Waals surface area (Å²) in [4.78, 5) is 13.5. The third kappa shape index (κ3) is 3.85. The zero-order chi connectivity index (χ0) is 18.5. The maximum Gasteiger partial charge on any atom is 0.333 e. The van der Waals surface area contributed by atoms with Crippen molar-refractivity contribution >= 4 is 5.97 Å². The van der Waals surface area contributed by atoms with Gasteiger partial charge in [0.05, 0.1) is 13.7 Å². The van der Waals surface area contributed by atoms with Gasteiger partial charge in [-0.15, -0.1) is 10.2 Å². The van der Waals surface area contributed by atoms with Crippen LogP contribution < -0.4 is 0 Å². The number of hydrogen-bond donors (Lipinski definition) is 0. The number of hydrogen-bond acceptors (Lipinski definition) is 5. The van der Waals surface area contributed by atoms with Gasteiger partial charge in [-0.1, -0.05) is 60.7 Å². The van der Waals surface area contributed by atoms with Crippen molar-refractivity contribution in [1.29, 1.82) is 0 Å². The summed E-state index contributed by atoms with van der Waals surface area (Å²) in [6, 6.07) is 17.6. The molecular weight excluding hydrogens is 328 g/mol. The van der Waals surface area contributed by atoms with Crippen molar-refractivity contribution in [2.45, 2.75) is 19.4 Å². The highest BCUT2D eigenvalue weighted by Crippen LogP contribution is 2.26. The van der Waals surface area contributed by atoms with Crippen molar-refractivity contribution in [3.8, 4) is 11.4 Å². The van der Waals surface area contributed by atoms with Gasteiger partial charge >= 0.3 is 5.97 Å². The maximum atomic E-state index is 12.0. The number of esters is 1. The first-order chi connectivity index (χ1) is 12.6. The number of methoxy groups -OCH3 is 1. The van der Waals surface area contributed by atoms with E-state index in [0.29, 0.717) is 17.9 Å². The molecule has 0 N–H and O–H groups in total. The average Bonchev–Trinajstić information content (AvgIpc) is 3.14. The van der Waals surface area contributed by atoms with Crippen LogP contribution in [-0.4, -0.2) is 33.3 Å². The van der Waals surface area contributed by atoms with Crippen LogP contribution in [0.5, 0.6) is 0 Å². The lowest BCUT2D eigenvalue weighted by atomic mass is 9.92. The Morgan fingerprint density at radius 2 is 1.96 bits per heavy atom. The third-order valence-corrected chi connectivity index (χ3v) is 4.15. The van der Waals surface area contributed by atoms with E-state index in [9.17, 15) is 4.79 Å². The molecular formula is C20H20N4O2. The predicted molar refractivity (Wildman–Crippen MR) is 98.3 cm³/mol. The summed E-state index contributed by atoms with van der Waals surface area (Å²) >= 11 is 0. The minimum Gasteiger partial charge on any atom is -0.466 e. The lowest BCUT2D eigenvalue weighted by Gasteiger charge is -2.17. The SMILES string of the molecule is C=C(C(=O)OC)[C@@H](Cn1nnc(-c2cccc(C)c2)n1)c1ccccc1. The van der Waals surface area contributed by atoms with Crippen molar-refractivity contribution in [1.82, 2.24) is 20.2 Å². The van der Waals surface area contributed by atoms with E-state index >= 15 is 0 Å². The Bertz CT molecular complexity index is 918. The molecule has 132 valence electrons. The molecule has 26 heavy (non-hydrogen) atoms. The first-order valence-electron chi connectivity index (χ1n) is 8.25. The van der Waals surface area contributed by atoms with Gasteiger partial charge in [-0.3, -0.25) is 0 Å². The van der Waals surface area contributed by atoms with Crippen LogP contribution in [0.4, 0.5) is 0 Å². The van der Waals surface area contributed by atoms with Gasteiger partial charge < -0.3 is 4.74 Å². The van der Waals surface area contributed by atoms with Crippen LogP contribution in [0.2, 0.25) is 0 Å². The Balaban J connectivity index is 1.88. The molecule has 0 fully saturated rings. The highest BCUT2D eigenvalue weighted by atomic mass is 16.5. The standard InChI is InChI=1S/C20H20N4O2/c1-14-8-7-11-17(12-14)19-21-23-24(22-19)13-18(15(2)20(25)26-3)16-9-5-4-6-10-16/h4-12,18H,2,13H2,1,3H3/t18-/m1/s1. The lowest BCUT2D eigenvalue weighted by Crippen LogP contribution is -2.19. The summed E-state index contributed by atoms with van der Waals surface area (Å²) < 4.78 is 4.84. The number of aryl methyl sites for hydroxylation is 1. The van der Waals surface area contributed by atoms with E-state index in [2.05, 4.69) is 22.0 Å². The smallest absolute Gasteiger partial charge is 0.333 e. The van der Waals surface area contributed by atoms with E-state index in [1.54, 1.807) is 0 Å². The van der Waals surface area contributed by atoms with Gasteiger partial charge in [0.25, 0.3) is 0 Å². The number of aromatic nitrogens is 4. The molecule has 3 aromatic rings. The fraction of sp³-hybridized carbons (Fsp3) is 0.200. The highest BCUT2D eigenvalue weighted by Gasteiger charge is 2.23. The molecule has 0 saturated heterocycles. The first kappa shape index (κ1) is 17.5. The van der Waals surface area contributed by atoms with Crippen LogP contribution in [0.15, 0.2) is 66.7 Å². The molecule has 1 heterocycles. The van der Waals surface area contributed by atoms with Gasteiger partial charge in [0.2, 0.25) is 5.82 Å². The monoisotopic (exact) mass is 348 g/mol. The molecule has 0 aliphatic carbocycles. The molecule has 6 heteroatoms. The molecule has 1 atom stereocenters. The second-order valence-corrected chi connectivity index (χ2v) is 6.02. The van der Waals surface area contributed by atoms with Crippen LogP contribution in [0.3, 0.4) is 0 Å². The number of rotatable bonds is 6. The van der Waals surface area contributed by atoms with Crippen LogP contribution in [-0.2, 0) is 16.1 Å². The topological polar surface area (TPSA) is 69.9 Å². The molecule has 0 aliphatic rings. The van der Waals surface area contributed by atoms with E-state index in [1.807, 2.05) is 61.5 Å². The van der Waals surface area contributed by atoms with E-state index < -0.39 is 5.97 Å². The Labute approximate surface area is 152 Å². The van der Waals surface area contributed by atoms with E-state index in [4.69, 9.17) is 4.74 Å². The van der Waals surface area contributed by atoms with Crippen molar-refractivity contribution in [3.63, 3.8) is 0 Å². The Hall–Kier alpha value is -3.28. The van der Waals surface area contributed by atoms with Crippen LogP contribution in [0.25, 0.3) is 11.4 Å². The lowest BCUT2D eigenvalue weighted by molar-refractivity contribution is -0.136. The fourth-order valence-corrected chi connectivity index (χ4v) is 2.76. The summed E-state index contributed by atoms with van der Waals surface area (Å²) in [5.41, 5.74) is 3.32. The average molecular weight is 348 g/mol. The van der Waals surface area contributed by atoms with Gasteiger partial charge in [0.15, 0.2) is 0 Å². The summed E-state index contributed by atoms with van der Waals surface area (Å²) in [6.45, 7) is 6.27. The van der Waals surface area contributed by atoms with Gasteiger partial charge in [-0.05, 0) is 23.8 Å². The number of nitrogens with zero attached hydrogens (tertiary/aromatic N) is 4. The Kier molecular flexibility index (Phi) is 5.22. The minimum atomic E-state index is -0.446. The van der Waals surface area contributed by atoms with E-state index in [-0.39, 0.29) is 5.92 Å². The number of ether oxygens (including phenoxy) is 1. The van der Waals surface area contributed by atoms with Crippen LogP contribution >= 0.6 is 0 Å². The molecule has 2 aromatic carbocycles.